The van der Waals surface area contributed by atoms with Crippen LogP contribution < -0.4 is 10.2 Å². The molecule has 2 amide bonds. The first-order valence-corrected chi connectivity index (χ1v) is 8.51. The predicted octanol–water partition coefficient (Wildman–Crippen LogP) is 3.07. The molecule has 0 fully saturated rings. The molecule has 1 N–H and O–H groups in total. The minimum absolute atomic E-state index is 0.0998. The summed E-state index contributed by atoms with van der Waals surface area (Å²) in [5, 5.41) is 3.34. The van der Waals surface area contributed by atoms with Crippen molar-refractivity contribution in [1.29, 1.82) is 0 Å². The van der Waals surface area contributed by atoms with Crippen molar-refractivity contribution in [3.8, 4) is 0 Å². The van der Waals surface area contributed by atoms with Crippen LogP contribution in [0.3, 0.4) is 0 Å². The standard InChI is InChI=1S/C18H19ClN4O2/c1-11(2)7-15(18(25)22-16-10-20-5-6-21-16)23-14-4-3-13(19)8-12(14)9-17(23)24/h3-6,8,10-11,15H,7,9H2,1-2H3,(H,21,22,25). The van der Waals surface area contributed by atoms with E-state index in [9.17, 15) is 9.59 Å². The van der Waals surface area contributed by atoms with E-state index in [-0.39, 0.29) is 24.2 Å². The van der Waals surface area contributed by atoms with Crippen LogP contribution in [-0.4, -0.2) is 27.8 Å². The fraction of sp³-hybridized carbons (Fsp3) is 0.333. The molecule has 1 aromatic carbocycles. The highest BCUT2D eigenvalue weighted by molar-refractivity contribution is 6.31. The van der Waals surface area contributed by atoms with E-state index in [1.54, 1.807) is 23.1 Å². The van der Waals surface area contributed by atoms with Gasteiger partial charge in [0.1, 0.15) is 6.04 Å². The van der Waals surface area contributed by atoms with Crippen LogP contribution in [0.5, 0.6) is 0 Å². The first-order valence-electron chi connectivity index (χ1n) is 8.13. The lowest BCUT2D eigenvalue weighted by Gasteiger charge is -2.29. The lowest BCUT2D eigenvalue weighted by Crippen LogP contribution is -2.46. The molecule has 1 aliphatic rings. The van der Waals surface area contributed by atoms with Crippen LogP contribution in [0.1, 0.15) is 25.8 Å². The second-order valence-electron chi connectivity index (χ2n) is 6.44. The summed E-state index contributed by atoms with van der Waals surface area (Å²) >= 11 is 6.03. The monoisotopic (exact) mass is 358 g/mol. The number of carbonyl (C=O) groups is 2. The zero-order valence-corrected chi connectivity index (χ0v) is 14.8. The minimum atomic E-state index is -0.614. The van der Waals surface area contributed by atoms with E-state index >= 15 is 0 Å². The number of hydrogen-bond acceptors (Lipinski definition) is 4. The van der Waals surface area contributed by atoms with Gasteiger partial charge in [0, 0.05) is 23.1 Å². The molecule has 0 spiro atoms. The van der Waals surface area contributed by atoms with Crippen LogP contribution in [-0.2, 0) is 16.0 Å². The maximum atomic E-state index is 12.9. The quantitative estimate of drug-likeness (QED) is 0.891. The minimum Gasteiger partial charge on any atom is -0.308 e. The average molecular weight is 359 g/mol. The normalized spacial score (nSPS) is 14.6. The summed E-state index contributed by atoms with van der Waals surface area (Å²) in [4.78, 5) is 35.0. The molecule has 1 aromatic heterocycles. The summed E-state index contributed by atoms with van der Waals surface area (Å²) in [6.45, 7) is 4.04. The lowest BCUT2D eigenvalue weighted by molar-refractivity contribution is -0.123. The summed E-state index contributed by atoms with van der Waals surface area (Å²) in [6, 6.07) is 4.70. The fourth-order valence-corrected chi connectivity index (χ4v) is 3.20. The van der Waals surface area contributed by atoms with E-state index in [2.05, 4.69) is 15.3 Å². The molecule has 0 bridgehead atoms. The third-order valence-electron chi connectivity index (χ3n) is 4.03. The topological polar surface area (TPSA) is 75.2 Å². The Kier molecular flexibility index (Phi) is 4.99. The van der Waals surface area contributed by atoms with Gasteiger partial charge in [-0.1, -0.05) is 25.4 Å². The van der Waals surface area contributed by atoms with Gasteiger partial charge in [-0.3, -0.25) is 19.5 Å². The van der Waals surface area contributed by atoms with Gasteiger partial charge in [-0.15, -0.1) is 0 Å². The number of benzene rings is 1. The summed E-state index contributed by atoms with van der Waals surface area (Å²) in [6.07, 6.45) is 5.31. The molecule has 2 heterocycles. The number of rotatable bonds is 5. The second kappa shape index (κ2) is 7.19. The summed E-state index contributed by atoms with van der Waals surface area (Å²) < 4.78 is 0. The Labute approximate surface area is 151 Å². The van der Waals surface area contributed by atoms with Crippen molar-refractivity contribution in [3.63, 3.8) is 0 Å². The van der Waals surface area contributed by atoms with E-state index in [0.717, 1.165) is 11.3 Å². The van der Waals surface area contributed by atoms with Gasteiger partial charge in [0.2, 0.25) is 11.8 Å². The fourth-order valence-electron chi connectivity index (χ4n) is 3.00. The molecule has 1 aliphatic heterocycles. The van der Waals surface area contributed by atoms with Gasteiger partial charge in [-0.2, -0.15) is 0 Å². The van der Waals surface area contributed by atoms with Crippen LogP contribution in [0.25, 0.3) is 0 Å². The number of nitrogens with one attached hydrogen (secondary N) is 1. The molecule has 0 aliphatic carbocycles. The van der Waals surface area contributed by atoms with Crippen LogP contribution in [0, 0.1) is 5.92 Å². The van der Waals surface area contributed by atoms with Crippen molar-refractivity contribution in [2.75, 3.05) is 10.2 Å². The number of anilines is 2. The van der Waals surface area contributed by atoms with Crippen molar-refractivity contribution >= 4 is 34.9 Å². The highest BCUT2D eigenvalue weighted by Gasteiger charge is 2.37. The molecular formula is C18H19ClN4O2. The highest BCUT2D eigenvalue weighted by Crippen LogP contribution is 2.34. The van der Waals surface area contributed by atoms with E-state index < -0.39 is 6.04 Å². The first kappa shape index (κ1) is 17.4. The number of aromatic nitrogens is 2. The van der Waals surface area contributed by atoms with Gasteiger partial charge < -0.3 is 5.32 Å². The van der Waals surface area contributed by atoms with Crippen LogP contribution >= 0.6 is 11.6 Å². The van der Waals surface area contributed by atoms with Crippen LogP contribution in [0.4, 0.5) is 11.5 Å². The number of fused-ring (bicyclic) bond motifs is 1. The van der Waals surface area contributed by atoms with Crippen LogP contribution in [0.15, 0.2) is 36.8 Å². The van der Waals surface area contributed by atoms with E-state index in [1.807, 2.05) is 13.8 Å². The Morgan fingerprint density at radius 1 is 1.36 bits per heavy atom. The molecule has 0 saturated carbocycles. The summed E-state index contributed by atoms with van der Waals surface area (Å²) in [7, 11) is 0. The lowest BCUT2D eigenvalue weighted by atomic mass is 10.0. The predicted molar refractivity (Wildman–Crippen MR) is 96.5 cm³/mol. The van der Waals surface area contributed by atoms with Crippen molar-refractivity contribution in [2.24, 2.45) is 5.92 Å². The Balaban J connectivity index is 1.91. The Hall–Kier alpha value is -2.47. The summed E-state index contributed by atoms with van der Waals surface area (Å²) in [5.74, 6) is 0.230. The largest absolute Gasteiger partial charge is 0.308 e. The van der Waals surface area contributed by atoms with Gasteiger partial charge in [0.15, 0.2) is 5.82 Å². The number of nitrogens with zero attached hydrogens (tertiary/aromatic N) is 3. The maximum Gasteiger partial charge on any atom is 0.248 e. The van der Waals surface area contributed by atoms with Gasteiger partial charge in [-0.25, -0.2) is 4.98 Å². The molecule has 130 valence electrons. The highest BCUT2D eigenvalue weighted by atomic mass is 35.5. The molecule has 1 atom stereocenters. The SMILES string of the molecule is CC(C)CC(C(=O)Nc1cnccn1)N1C(=O)Cc2cc(Cl)ccc21. The second-order valence-corrected chi connectivity index (χ2v) is 6.88. The number of halogens is 1. The molecular weight excluding hydrogens is 340 g/mol. The van der Waals surface area contributed by atoms with Crippen molar-refractivity contribution in [1.82, 2.24) is 9.97 Å². The number of carbonyl (C=O) groups excluding carboxylic acids is 2. The van der Waals surface area contributed by atoms with Gasteiger partial charge in [-0.05, 0) is 36.1 Å². The third-order valence-corrected chi connectivity index (χ3v) is 4.27. The maximum absolute atomic E-state index is 12.9. The van der Waals surface area contributed by atoms with Gasteiger partial charge in [0.05, 0.1) is 12.6 Å². The smallest absolute Gasteiger partial charge is 0.248 e. The third kappa shape index (κ3) is 3.79. The molecule has 2 aromatic rings. The molecule has 25 heavy (non-hydrogen) atoms. The van der Waals surface area contributed by atoms with Gasteiger partial charge >= 0.3 is 0 Å². The van der Waals surface area contributed by atoms with Gasteiger partial charge in [0.25, 0.3) is 0 Å². The Bertz CT molecular complexity index is 795. The molecule has 7 heteroatoms. The van der Waals surface area contributed by atoms with E-state index in [1.165, 1.54) is 18.6 Å². The zero-order chi connectivity index (χ0) is 18.0. The van der Waals surface area contributed by atoms with Crippen molar-refractivity contribution in [2.45, 2.75) is 32.7 Å². The average Bonchev–Trinajstić information content (AvgIpc) is 2.88. The number of hydrogen-bond donors (Lipinski definition) is 1. The van der Waals surface area contributed by atoms with Crippen molar-refractivity contribution in [3.05, 3.63) is 47.4 Å². The molecule has 3 rings (SSSR count). The van der Waals surface area contributed by atoms with E-state index in [0.29, 0.717) is 17.3 Å². The molecule has 6 nitrogen and oxygen atoms in total. The Morgan fingerprint density at radius 2 is 2.16 bits per heavy atom. The molecule has 1 unspecified atom stereocenters. The molecule has 0 radical (unpaired) electrons. The Morgan fingerprint density at radius 3 is 2.84 bits per heavy atom. The summed E-state index contributed by atoms with van der Waals surface area (Å²) in [5.41, 5.74) is 1.59. The van der Waals surface area contributed by atoms with Crippen LogP contribution in [0.2, 0.25) is 5.02 Å². The van der Waals surface area contributed by atoms with Crippen molar-refractivity contribution < 1.29 is 9.59 Å². The molecule has 0 saturated heterocycles. The number of amides is 2. The van der Waals surface area contributed by atoms with E-state index in [4.69, 9.17) is 11.6 Å². The first-order chi connectivity index (χ1) is 12.0. The zero-order valence-electron chi connectivity index (χ0n) is 14.1.